The molecule has 6 nitrogen and oxygen atoms in total. The molecule has 1 heterocycles. The van der Waals surface area contributed by atoms with Crippen molar-refractivity contribution in [3.05, 3.63) is 95.4 Å². The van der Waals surface area contributed by atoms with Crippen molar-refractivity contribution in [2.24, 2.45) is 5.10 Å². The molecule has 0 aliphatic heterocycles. The lowest BCUT2D eigenvalue weighted by Crippen LogP contribution is -2.10. The highest BCUT2D eigenvalue weighted by Gasteiger charge is 2.17. The first-order valence-electron chi connectivity index (χ1n) is 9.41. The average Bonchev–Trinajstić information content (AvgIpc) is 3.25. The second-order valence-corrected chi connectivity index (χ2v) is 9.07. The van der Waals surface area contributed by atoms with Crippen molar-refractivity contribution >= 4 is 32.8 Å². The molecule has 0 saturated heterocycles. The normalized spacial score (nSPS) is 11.5. The molecule has 0 fully saturated rings. The van der Waals surface area contributed by atoms with Gasteiger partial charge in [0, 0.05) is 16.5 Å². The van der Waals surface area contributed by atoms with Crippen LogP contribution in [0.2, 0.25) is 0 Å². The van der Waals surface area contributed by atoms with Gasteiger partial charge in [0.25, 0.3) is 0 Å². The molecule has 0 spiro atoms. The van der Waals surface area contributed by atoms with Gasteiger partial charge in [-0.1, -0.05) is 60.2 Å². The predicted molar refractivity (Wildman–Crippen MR) is 124 cm³/mol. The first-order chi connectivity index (χ1) is 15.0. The Bertz CT molecular complexity index is 1300. The van der Waals surface area contributed by atoms with Crippen LogP contribution in [-0.4, -0.2) is 19.6 Å². The quantitative estimate of drug-likeness (QED) is 0.234. The number of hydrogen-bond donors (Lipinski definition) is 1. The number of hydrazone groups is 1. The number of benzene rings is 3. The fraction of sp³-hybridized carbons (Fsp3) is 0.0435. The Hall–Kier alpha value is -3.49. The summed E-state index contributed by atoms with van der Waals surface area (Å²) >= 11 is 1.43. The van der Waals surface area contributed by atoms with Crippen LogP contribution in [-0.2, 0) is 10.1 Å². The third kappa shape index (κ3) is 5.17. The van der Waals surface area contributed by atoms with E-state index in [2.05, 4.69) is 15.5 Å². The lowest BCUT2D eigenvalue weighted by atomic mass is 10.1. The van der Waals surface area contributed by atoms with Crippen molar-refractivity contribution < 1.29 is 12.6 Å². The molecular formula is C23H19N3O3S2. The summed E-state index contributed by atoms with van der Waals surface area (Å²) in [5.74, 6) is 0.191. The van der Waals surface area contributed by atoms with E-state index in [-0.39, 0.29) is 10.6 Å². The number of aryl methyl sites for hydroxylation is 1. The van der Waals surface area contributed by atoms with Crippen LogP contribution in [0.3, 0.4) is 0 Å². The monoisotopic (exact) mass is 449 g/mol. The molecule has 8 heteroatoms. The fourth-order valence-electron chi connectivity index (χ4n) is 2.76. The number of nitrogens with one attached hydrogen (secondary N) is 1. The zero-order chi connectivity index (χ0) is 21.7. The molecule has 4 aromatic rings. The summed E-state index contributed by atoms with van der Waals surface area (Å²) in [5.41, 5.74) is 6.49. The lowest BCUT2D eigenvalue weighted by Gasteiger charge is -2.09. The fourth-order valence-corrected chi connectivity index (χ4v) is 4.40. The van der Waals surface area contributed by atoms with Gasteiger partial charge in [0.15, 0.2) is 5.75 Å². The summed E-state index contributed by atoms with van der Waals surface area (Å²) in [5, 5.41) is 6.77. The van der Waals surface area contributed by atoms with Crippen molar-refractivity contribution in [1.82, 2.24) is 4.98 Å². The van der Waals surface area contributed by atoms with Crippen LogP contribution in [0, 0.1) is 6.92 Å². The summed E-state index contributed by atoms with van der Waals surface area (Å²) in [6.07, 6.45) is 1.50. The van der Waals surface area contributed by atoms with Crippen LogP contribution in [0.15, 0.2) is 94.2 Å². The van der Waals surface area contributed by atoms with Crippen LogP contribution in [0.5, 0.6) is 5.75 Å². The Morgan fingerprint density at radius 1 is 0.968 bits per heavy atom. The van der Waals surface area contributed by atoms with E-state index >= 15 is 0 Å². The van der Waals surface area contributed by atoms with Crippen molar-refractivity contribution in [1.29, 1.82) is 0 Å². The number of aromatic nitrogens is 1. The van der Waals surface area contributed by atoms with Crippen LogP contribution in [0.25, 0.3) is 11.3 Å². The first kappa shape index (κ1) is 20.8. The second-order valence-electron chi connectivity index (χ2n) is 6.66. The third-order valence-corrected chi connectivity index (χ3v) is 6.36. The topological polar surface area (TPSA) is 80.7 Å². The van der Waals surface area contributed by atoms with E-state index in [0.717, 1.165) is 11.3 Å². The van der Waals surface area contributed by atoms with E-state index in [1.54, 1.807) is 42.5 Å². The zero-order valence-electron chi connectivity index (χ0n) is 16.6. The van der Waals surface area contributed by atoms with E-state index in [1.807, 2.05) is 36.6 Å². The molecule has 0 atom stereocenters. The van der Waals surface area contributed by atoms with Crippen LogP contribution in [0.1, 0.15) is 11.1 Å². The molecule has 0 aliphatic carbocycles. The molecule has 1 aromatic heterocycles. The highest BCUT2D eigenvalue weighted by Crippen LogP contribution is 2.25. The van der Waals surface area contributed by atoms with E-state index in [1.165, 1.54) is 35.2 Å². The molecule has 0 aliphatic rings. The van der Waals surface area contributed by atoms with Crippen molar-refractivity contribution in [2.75, 3.05) is 5.43 Å². The second kappa shape index (κ2) is 9.11. The Kier molecular flexibility index (Phi) is 6.11. The van der Waals surface area contributed by atoms with Crippen LogP contribution < -0.4 is 9.61 Å². The van der Waals surface area contributed by atoms with Crippen LogP contribution in [0.4, 0.5) is 5.13 Å². The Labute approximate surface area is 185 Å². The molecule has 0 saturated carbocycles. The zero-order valence-corrected chi connectivity index (χ0v) is 18.2. The SMILES string of the molecule is Cc1ccc(-c2csc(N/N=C\c3ccccc3OS(=O)(=O)c3ccccc3)n2)cc1. The largest absolute Gasteiger partial charge is 0.378 e. The van der Waals surface area contributed by atoms with Crippen molar-refractivity contribution in [2.45, 2.75) is 11.8 Å². The molecule has 0 unspecified atom stereocenters. The van der Waals surface area contributed by atoms with Crippen LogP contribution >= 0.6 is 11.3 Å². The predicted octanol–water partition coefficient (Wildman–Crippen LogP) is 5.33. The standard InChI is InChI=1S/C23H19N3O3S2/c1-17-11-13-18(14-12-17)21-16-30-23(25-21)26-24-15-19-7-5-6-10-22(19)29-31(27,28)20-8-3-2-4-9-20/h2-16H,1H3,(H,25,26)/b24-15-. The molecule has 0 amide bonds. The summed E-state index contributed by atoms with van der Waals surface area (Å²) in [7, 11) is -3.94. The molecule has 156 valence electrons. The number of hydrogen-bond acceptors (Lipinski definition) is 7. The lowest BCUT2D eigenvalue weighted by molar-refractivity contribution is 0.485. The van der Waals surface area contributed by atoms with E-state index in [4.69, 9.17) is 4.18 Å². The molecule has 0 radical (unpaired) electrons. The Morgan fingerprint density at radius 3 is 2.45 bits per heavy atom. The molecule has 31 heavy (non-hydrogen) atoms. The number of para-hydroxylation sites is 1. The third-order valence-electron chi connectivity index (χ3n) is 4.37. The summed E-state index contributed by atoms with van der Waals surface area (Å²) < 4.78 is 30.4. The average molecular weight is 450 g/mol. The first-order valence-corrected chi connectivity index (χ1v) is 11.7. The number of rotatable bonds is 7. The van der Waals surface area contributed by atoms with Gasteiger partial charge in [0.2, 0.25) is 5.13 Å². The van der Waals surface area contributed by atoms with Crippen molar-refractivity contribution in [3.8, 4) is 17.0 Å². The number of nitrogens with zero attached hydrogens (tertiary/aromatic N) is 2. The number of thiazole rings is 1. The number of anilines is 1. The minimum atomic E-state index is -3.94. The van der Waals surface area contributed by atoms with E-state index < -0.39 is 10.1 Å². The van der Waals surface area contributed by atoms with Gasteiger partial charge in [-0.25, -0.2) is 4.98 Å². The summed E-state index contributed by atoms with van der Waals surface area (Å²) in [6.45, 7) is 2.04. The van der Waals surface area contributed by atoms with Crippen molar-refractivity contribution in [3.63, 3.8) is 0 Å². The van der Waals surface area contributed by atoms with Gasteiger partial charge in [0.1, 0.15) is 4.90 Å². The molecule has 1 N–H and O–H groups in total. The van der Waals surface area contributed by atoms with Gasteiger partial charge in [-0.2, -0.15) is 13.5 Å². The molecule has 3 aromatic carbocycles. The minimum Gasteiger partial charge on any atom is -0.378 e. The Morgan fingerprint density at radius 2 is 1.68 bits per heavy atom. The highest BCUT2D eigenvalue weighted by atomic mass is 32.2. The smallest absolute Gasteiger partial charge is 0.339 e. The maximum Gasteiger partial charge on any atom is 0.339 e. The van der Waals surface area contributed by atoms with E-state index in [0.29, 0.717) is 10.7 Å². The van der Waals surface area contributed by atoms with Gasteiger partial charge in [-0.15, -0.1) is 11.3 Å². The molecule has 4 rings (SSSR count). The maximum absolute atomic E-state index is 12.5. The van der Waals surface area contributed by atoms with Gasteiger partial charge in [-0.3, -0.25) is 5.43 Å². The summed E-state index contributed by atoms with van der Waals surface area (Å²) in [6, 6.07) is 22.9. The molecule has 0 bridgehead atoms. The minimum absolute atomic E-state index is 0.0892. The van der Waals surface area contributed by atoms with Gasteiger partial charge >= 0.3 is 10.1 Å². The van der Waals surface area contributed by atoms with Gasteiger partial charge < -0.3 is 4.18 Å². The molecular weight excluding hydrogens is 430 g/mol. The highest BCUT2D eigenvalue weighted by molar-refractivity contribution is 7.87. The summed E-state index contributed by atoms with van der Waals surface area (Å²) in [4.78, 5) is 4.62. The van der Waals surface area contributed by atoms with E-state index in [9.17, 15) is 8.42 Å². The van der Waals surface area contributed by atoms with Gasteiger partial charge in [0.05, 0.1) is 11.9 Å². The Balaban J connectivity index is 1.47. The maximum atomic E-state index is 12.5. The van der Waals surface area contributed by atoms with Gasteiger partial charge in [-0.05, 0) is 31.2 Å².